The molecule has 1 amide bonds. The number of hydrogen-bond acceptors (Lipinski definition) is 6. The number of carbonyl (C=O) groups excluding carboxylic acids is 1. The number of fused-ring (bicyclic) bond motifs is 1. The molecule has 4 aliphatic rings. The average Bonchev–Trinajstić information content (AvgIpc) is 3.35. The fraction of sp³-hybridized carbons (Fsp3) is 0.818. The van der Waals surface area contributed by atoms with Gasteiger partial charge in [-0.3, -0.25) is 4.79 Å². The summed E-state index contributed by atoms with van der Waals surface area (Å²) in [5, 5.41) is 20.2. The smallest absolute Gasteiger partial charge is 0.353 e. The molecule has 0 unspecified atom stereocenters. The van der Waals surface area contributed by atoms with Gasteiger partial charge in [-0.15, -0.1) is 11.8 Å². The van der Waals surface area contributed by atoms with Gasteiger partial charge in [0.25, 0.3) is 0 Å². The number of likely N-dealkylation sites (tertiary alicyclic amines) is 2. The Bertz CT molecular complexity index is 727. The molecular weight excluding hydrogens is 402 g/mol. The number of rotatable bonds is 8. The number of amides is 1. The van der Waals surface area contributed by atoms with Crippen molar-refractivity contribution in [3.63, 3.8) is 0 Å². The molecule has 30 heavy (non-hydrogen) atoms. The van der Waals surface area contributed by atoms with Crippen LogP contribution in [0.15, 0.2) is 10.6 Å². The predicted molar refractivity (Wildman–Crippen MR) is 117 cm³/mol. The number of carboxylic acid groups (broad SMARTS) is 1. The van der Waals surface area contributed by atoms with Crippen molar-refractivity contribution >= 4 is 23.6 Å². The topological polar surface area (TPSA) is 84.3 Å². The second-order valence-electron chi connectivity index (χ2n) is 9.52. The van der Waals surface area contributed by atoms with E-state index in [1.165, 1.54) is 37.4 Å². The lowest BCUT2D eigenvalue weighted by Gasteiger charge is -2.46. The Morgan fingerprint density at radius 3 is 2.63 bits per heavy atom. The summed E-state index contributed by atoms with van der Waals surface area (Å²) in [6, 6.07) is -0.216. The molecule has 0 radical (unpaired) electrons. The zero-order chi connectivity index (χ0) is 21.6. The number of aliphatic hydroxyl groups is 1. The minimum atomic E-state index is -1.03. The van der Waals surface area contributed by atoms with Crippen LogP contribution in [-0.2, 0) is 9.59 Å². The summed E-state index contributed by atoms with van der Waals surface area (Å²) in [6.07, 6.45) is 2.79. The van der Waals surface area contributed by atoms with Crippen molar-refractivity contribution < 1.29 is 19.8 Å². The van der Waals surface area contributed by atoms with Gasteiger partial charge in [0, 0.05) is 35.7 Å². The number of nitrogens with zero attached hydrogens (tertiary/aromatic N) is 3. The van der Waals surface area contributed by atoms with E-state index >= 15 is 0 Å². The van der Waals surface area contributed by atoms with Crippen LogP contribution in [0.1, 0.15) is 40.0 Å². The Hall–Kier alpha value is -1.09. The van der Waals surface area contributed by atoms with Crippen molar-refractivity contribution in [3.05, 3.63) is 10.6 Å². The molecule has 3 saturated heterocycles. The summed E-state index contributed by atoms with van der Waals surface area (Å²) in [5.41, 5.74) is 0.156. The third kappa shape index (κ3) is 3.92. The third-order valence-corrected chi connectivity index (χ3v) is 8.80. The maximum Gasteiger partial charge on any atom is 0.353 e. The molecule has 0 aromatic heterocycles. The highest BCUT2D eigenvalue weighted by molar-refractivity contribution is 8.03. The molecule has 7 nitrogen and oxygen atoms in total. The van der Waals surface area contributed by atoms with Gasteiger partial charge in [-0.25, -0.2) is 4.79 Å². The zero-order valence-corrected chi connectivity index (χ0v) is 19.1. The Morgan fingerprint density at radius 2 is 1.97 bits per heavy atom. The normalized spacial score (nSPS) is 35.8. The van der Waals surface area contributed by atoms with E-state index in [1.54, 1.807) is 18.7 Å². The van der Waals surface area contributed by atoms with E-state index < -0.39 is 18.0 Å². The van der Waals surface area contributed by atoms with Crippen LogP contribution in [0.5, 0.6) is 0 Å². The Morgan fingerprint density at radius 1 is 1.23 bits per heavy atom. The lowest BCUT2D eigenvalue weighted by Crippen LogP contribution is -2.63. The van der Waals surface area contributed by atoms with Crippen molar-refractivity contribution in [3.8, 4) is 0 Å². The number of aliphatic carboxylic acids is 1. The van der Waals surface area contributed by atoms with E-state index in [9.17, 15) is 19.8 Å². The number of aliphatic hydroxyl groups excluding tert-OH is 1. The minimum absolute atomic E-state index is 0.0371. The first-order valence-corrected chi connectivity index (χ1v) is 12.3. The number of carbonyl (C=O) groups is 2. The van der Waals surface area contributed by atoms with E-state index in [-0.39, 0.29) is 23.6 Å². The van der Waals surface area contributed by atoms with Crippen LogP contribution in [-0.4, -0.2) is 93.5 Å². The maximum absolute atomic E-state index is 12.5. The fourth-order valence-corrected chi connectivity index (χ4v) is 7.38. The van der Waals surface area contributed by atoms with E-state index in [0.29, 0.717) is 5.25 Å². The molecule has 4 aliphatic heterocycles. The molecule has 3 fully saturated rings. The van der Waals surface area contributed by atoms with Gasteiger partial charge in [0.05, 0.1) is 18.1 Å². The molecule has 0 spiro atoms. The zero-order valence-electron chi connectivity index (χ0n) is 18.3. The van der Waals surface area contributed by atoms with Crippen LogP contribution in [0, 0.1) is 17.8 Å². The van der Waals surface area contributed by atoms with Crippen LogP contribution in [0.3, 0.4) is 0 Å². The second-order valence-corrected chi connectivity index (χ2v) is 10.9. The summed E-state index contributed by atoms with van der Waals surface area (Å²) in [6.45, 7) is 12.7. The molecule has 4 rings (SSSR count). The van der Waals surface area contributed by atoms with E-state index in [1.807, 2.05) is 6.92 Å². The molecule has 0 saturated carbocycles. The Balaban J connectivity index is 1.37. The number of hydrogen-bond donors (Lipinski definition) is 2. The van der Waals surface area contributed by atoms with Crippen LogP contribution >= 0.6 is 11.8 Å². The van der Waals surface area contributed by atoms with Gasteiger partial charge in [-0.05, 0) is 51.7 Å². The van der Waals surface area contributed by atoms with Crippen LogP contribution in [0.2, 0.25) is 0 Å². The predicted octanol–water partition coefficient (Wildman–Crippen LogP) is 1.68. The monoisotopic (exact) mass is 437 g/mol. The Labute approximate surface area is 183 Å². The molecule has 0 bridgehead atoms. The van der Waals surface area contributed by atoms with Gasteiger partial charge >= 0.3 is 5.97 Å². The first-order valence-electron chi connectivity index (χ1n) is 11.4. The van der Waals surface area contributed by atoms with E-state index in [2.05, 4.69) is 16.7 Å². The Kier molecular flexibility index (Phi) is 6.49. The van der Waals surface area contributed by atoms with E-state index in [4.69, 9.17) is 0 Å². The van der Waals surface area contributed by atoms with Gasteiger partial charge in [0.1, 0.15) is 5.70 Å². The van der Waals surface area contributed by atoms with Crippen molar-refractivity contribution in [2.24, 2.45) is 17.8 Å². The van der Waals surface area contributed by atoms with Crippen LogP contribution < -0.4 is 0 Å². The average molecular weight is 438 g/mol. The third-order valence-electron chi connectivity index (χ3n) is 7.26. The summed E-state index contributed by atoms with van der Waals surface area (Å²) in [7, 11) is 0. The van der Waals surface area contributed by atoms with E-state index in [0.717, 1.165) is 36.9 Å². The van der Waals surface area contributed by atoms with Crippen molar-refractivity contribution in [2.45, 2.75) is 57.4 Å². The highest BCUT2D eigenvalue weighted by Gasteiger charge is 2.60. The second kappa shape index (κ2) is 8.81. The van der Waals surface area contributed by atoms with Crippen molar-refractivity contribution in [1.29, 1.82) is 0 Å². The molecule has 168 valence electrons. The van der Waals surface area contributed by atoms with Crippen molar-refractivity contribution in [2.75, 3.05) is 39.3 Å². The minimum Gasteiger partial charge on any atom is -0.477 e. The number of β-lactam (4-membered cyclic amide) rings is 1. The summed E-state index contributed by atoms with van der Waals surface area (Å²) >= 11 is 1.66. The van der Waals surface area contributed by atoms with Crippen LogP contribution in [0.25, 0.3) is 0 Å². The van der Waals surface area contributed by atoms with Gasteiger partial charge in [-0.2, -0.15) is 0 Å². The van der Waals surface area contributed by atoms with Gasteiger partial charge < -0.3 is 24.9 Å². The number of carboxylic acids is 1. The standard InChI is InChI=1S/C22H35N3O4S/c1-4-7-23-8-5-15(10-23)11-24-9-6-16(12-24)30-20-13(2)18-17(14(3)26)21(27)25(18)19(20)22(28)29/h13-18,26H,4-12H2,1-3H3,(H,28,29)/t13-,14-,15+,16-,17-,18-/m1/s1. The molecule has 6 atom stereocenters. The quantitative estimate of drug-likeness (QED) is 0.559. The molecule has 0 aromatic rings. The highest BCUT2D eigenvalue weighted by atomic mass is 32.2. The highest BCUT2D eigenvalue weighted by Crippen LogP contribution is 2.51. The lowest BCUT2D eigenvalue weighted by molar-refractivity contribution is -0.163. The van der Waals surface area contributed by atoms with Crippen LogP contribution in [0.4, 0.5) is 0 Å². The molecule has 4 heterocycles. The molecule has 8 heteroatoms. The molecule has 0 aromatic carbocycles. The SMILES string of the molecule is CCCN1CC[C@H](CN2CC[C@@H](SC3=C(C(=O)O)N4C(=O)[C@H]([C@@H](C)O)[C@H]4[C@H]3C)C2)C1. The largest absolute Gasteiger partial charge is 0.477 e. The lowest BCUT2D eigenvalue weighted by atomic mass is 9.79. The fourth-order valence-electron chi connectivity index (χ4n) is 5.86. The number of thioether (sulfide) groups is 1. The molecular formula is C22H35N3O4S. The molecule has 0 aliphatic carbocycles. The maximum atomic E-state index is 12.5. The first-order chi connectivity index (χ1) is 14.3. The summed E-state index contributed by atoms with van der Waals surface area (Å²) in [4.78, 5) is 31.8. The summed E-state index contributed by atoms with van der Waals surface area (Å²) < 4.78 is 0. The van der Waals surface area contributed by atoms with Crippen molar-refractivity contribution in [1.82, 2.24) is 14.7 Å². The van der Waals surface area contributed by atoms with Gasteiger partial charge in [0.15, 0.2) is 0 Å². The first kappa shape index (κ1) is 22.1. The van der Waals surface area contributed by atoms with Gasteiger partial charge in [0.2, 0.25) is 5.91 Å². The summed E-state index contributed by atoms with van der Waals surface area (Å²) in [5.74, 6) is -1.06. The van der Waals surface area contributed by atoms with Gasteiger partial charge in [-0.1, -0.05) is 13.8 Å². The molecule has 2 N–H and O–H groups in total.